The van der Waals surface area contributed by atoms with E-state index in [1.54, 1.807) is 13.2 Å². The van der Waals surface area contributed by atoms with Gasteiger partial charge in [-0.2, -0.15) is 16.8 Å². The monoisotopic (exact) mass is 305 g/mol. The Bertz CT molecular complexity index is 559. The topological polar surface area (TPSA) is 47.9 Å². The molecule has 0 bridgehead atoms. The van der Waals surface area contributed by atoms with E-state index in [1.807, 2.05) is 30.0 Å². The van der Waals surface area contributed by atoms with E-state index in [-0.39, 0.29) is 6.10 Å². The first kappa shape index (κ1) is 14.5. The van der Waals surface area contributed by atoms with Crippen molar-refractivity contribution in [3.05, 3.63) is 23.8 Å². The fraction of sp³-hybridized carbons (Fsp3) is 0.562. The smallest absolute Gasteiger partial charge is 0.235 e. The van der Waals surface area contributed by atoms with Gasteiger partial charge < -0.3 is 9.47 Å². The molecule has 1 aliphatic heterocycles. The lowest BCUT2D eigenvalue weighted by atomic mass is 10.0. The van der Waals surface area contributed by atoms with Gasteiger partial charge in [0.1, 0.15) is 11.6 Å². The summed E-state index contributed by atoms with van der Waals surface area (Å²) >= 11 is 1.97. The highest BCUT2D eigenvalue weighted by molar-refractivity contribution is 7.99. The first-order valence-corrected chi connectivity index (χ1v) is 8.45. The molecule has 0 spiro atoms. The number of methoxy groups -OCH3 is 1. The average Bonchev–Trinajstić information content (AvgIpc) is 3.29. The van der Waals surface area contributed by atoms with Gasteiger partial charge in [-0.15, -0.1) is 0 Å². The highest BCUT2D eigenvalue weighted by Crippen LogP contribution is 2.54. The van der Waals surface area contributed by atoms with E-state index in [0.29, 0.717) is 0 Å². The lowest BCUT2D eigenvalue weighted by Gasteiger charge is -2.26. The molecule has 1 aliphatic carbocycles. The van der Waals surface area contributed by atoms with E-state index in [2.05, 4.69) is 4.99 Å². The van der Waals surface area contributed by atoms with Crippen molar-refractivity contribution in [2.75, 3.05) is 18.6 Å². The van der Waals surface area contributed by atoms with E-state index in [9.17, 15) is 4.79 Å². The first-order valence-electron chi connectivity index (χ1n) is 7.30. The minimum absolute atomic E-state index is 0.220. The summed E-state index contributed by atoms with van der Waals surface area (Å²) in [6.45, 7) is 0. The number of nitrogens with zero attached hydrogens (tertiary/aromatic N) is 1. The number of thioether (sulfide) groups is 1. The second-order valence-electron chi connectivity index (χ2n) is 5.50. The standard InChI is InChI=1S/C16H19NO3S/c1-19-14-4-2-3-13(16(7-8-16)17-11-18)15(14)20-12-5-9-21-10-6-12/h2-4,12H,5-10H2,1H3. The predicted molar refractivity (Wildman–Crippen MR) is 83.0 cm³/mol. The van der Waals surface area contributed by atoms with Crippen LogP contribution in [0.3, 0.4) is 0 Å². The Balaban J connectivity index is 1.94. The number of carbonyl (C=O) groups excluding carboxylic acids is 1. The molecule has 21 heavy (non-hydrogen) atoms. The van der Waals surface area contributed by atoms with Crippen molar-refractivity contribution in [3.63, 3.8) is 0 Å². The molecule has 1 aromatic carbocycles. The second kappa shape index (κ2) is 6.12. The Morgan fingerprint density at radius 2 is 2.10 bits per heavy atom. The molecule has 0 aromatic heterocycles. The van der Waals surface area contributed by atoms with Crippen molar-refractivity contribution in [3.8, 4) is 11.5 Å². The second-order valence-corrected chi connectivity index (χ2v) is 6.73. The van der Waals surface area contributed by atoms with Crippen LogP contribution in [-0.2, 0) is 10.3 Å². The van der Waals surface area contributed by atoms with Crippen molar-refractivity contribution in [1.29, 1.82) is 0 Å². The summed E-state index contributed by atoms with van der Waals surface area (Å²) in [5, 5.41) is 0. The van der Waals surface area contributed by atoms with E-state index < -0.39 is 5.54 Å². The average molecular weight is 305 g/mol. The van der Waals surface area contributed by atoms with Crippen LogP contribution < -0.4 is 9.47 Å². The maximum Gasteiger partial charge on any atom is 0.235 e. The fourth-order valence-electron chi connectivity index (χ4n) is 2.77. The van der Waals surface area contributed by atoms with Crippen LogP contribution in [0.15, 0.2) is 23.2 Å². The Labute approximate surface area is 128 Å². The molecule has 2 fully saturated rings. The largest absolute Gasteiger partial charge is 0.493 e. The maximum absolute atomic E-state index is 10.7. The molecule has 0 amide bonds. The van der Waals surface area contributed by atoms with Gasteiger partial charge in [-0.05, 0) is 43.3 Å². The molecule has 1 saturated carbocycles. The van der Waals surface area contributed by atoms with Gasteiger partial charge in [-0.1, -0.05) is 12.1 Å². The lowest BCUT2D eigenvalue weighted by Crippen LogP contribution is -2.23. The predicted octanol–water partition coefficient (Wildman–Crippen LogP) is 3.29. The molecular weight excluding hydrogens is 286 g/mol. The third kappa shape index (κ3) is 2.94. The van der Waals surface area contributed by atoms with Gasteiger partial charge in [0.25, 0.3) is 0 Å². The summed E-state index contributed by atoms with van der Waals surface area (Å²) in [4.78, 5) is 14.7. The third-order valence-electron chi connectivity index (χ3n) is 4.14. The summed E-state index contributed by atoms with van der Waals surface area (Å²) in [7, 11) is 1.64. The SMILES string of the molecule is COc1cccc(C2(N=C=O)CC2)c1OC1CCSCC1. The molecule has 1 heterocycles. The molecule has 1 aromatic rings. The molecule has 4 nitrogen and oxygen atoms in total. The summed E-state index contributed by atoms with van der Waals surface area (Å²) < 4.78 is 11.7. The molecule has 0 atom stereocenters. The molecule has 0 N–H and O–H groups in total. The number of rotatable bonds is 5. The van der Waals surface area contributed by atoms with Crippen molar-refractivity contribution in [2.45, 2.75) is 37.3 Å². The van der Waals surface area contributed by atoms with Crippen LogP contribution in [-0.4, -0.2) is 30.8 Å². The Morgan fingerprint density at radius 3 is 2.71 bits per heavy atom. The number of aliphatic imine (C=N–C) groups is 1. The number of hydrogen-bond donors (Lipinski definition) is 0. The zero-order valence-electron chi connectivity index (χ0n) is 12.1. The molecule has 112 valence electrons. The van der Waals surface area contributed by atoms with Crippen molar-refractivity contribution in [1.82, 2.24) is 0 Å². The van der Waals surface area contributed by atoms with E-state index >= 15 is 0 Å². The van der Waals surface area contributed by atoms with E-state index in [4.69, 9.17) is 9.47 Å². The highest BCUT2D eigenvalue weighted by Gasteiger charge is 2.47. The zero-order valence-corrected chi connectivity index (χ0v) is 12.9. The van der Waals surface area contributed by atoms with Crippen LogP contribution in [0.1, 0.15) is 31.2 Å². The summed E-state index contributed by atoms with van der Waals surface area (Å²) in [5.74, 6) is 3.74. The normalized spacial score (nSPS) is 20.4. The third-order valence-corrected chi connectivity index (χ3v) is 5.19. The van der Waals surface area contributed by atoms with Crippen LogP contribution in [0.5, 0.6) is 11.5 Å². The maximum atomic E-state index is 10.7. The van der Waals surface area contributed by atoms with Crippen LogP contribution >= 0.6 is 11.8 Å². The summed E-state index contributed by atoms with van der Waals surface area (Å²) in [6.07, 6.45) is 5.76. The molecule has 3 rings (SSSR count). The minimum Gasteiger partial charge on any atom is -0.493 e. The molecule has 5 heteroatoms. The molecule has 0 unspecified atom stereocenters. The van der Waals surface area contributed by atoms with Gasteiger partial charge in [-0.3, -0.25) is 0 Å². The molecule has 0 radical (unpaired) electrons. The number of ether oxygens (including phenoxy) is 2. The van der Waals surface area contributed by atoms with Gasteiger partial charge in [0.05, 0.1) is 7.11 Å². The van der Waals surface area contributed by atoms with Crippen LogP contribution in [0.25, 0.3) is 0 Å². The summed E-state index contributed by atoms with van der Waals surface area (Å²) in [5.41, 5.74) is 0.526. The molecule has 1 saturated heterocycles. The first-order chi connectivity index (χ1) is 10.3. The van der Waals surface area contributed by atoms with Gasteiger partial charge in [0.15, 0.2) is 11.5 Å². The van der Waals surface area contributed by atoms with E-state index in [0.717, 1.165) is 54.3 Å². The number of para-hydroxylation sites is 1. The van der Waals surface area contributed by atoms with Crippen LogP contribution in [0, 0.1) is 0 Å². The van der Waals surface area contributed by atoms with Crippen molar-refractivity contribution >= 4 is 17.8 Å². The van der Waals surface area contributed by atoms with Crippen molar-refractivity contribution < 1.29 is 14.3 Å². The number of hydrogen-bond acceptors (Lipinski definition) is 5. The zero-order chi connectivity index (χ0) is 14.7. The van der Waals surface area contributed by atoms with Gasteiger partial charge in [0, 0.05) is 5.56 Å². The Morgan fingerprint density at radius 1 is 1.33 bits per heavy atom. The lowest BCUT2D eigenvalue weighted by molar-refractivity contribution is 0.181. The van der Waals surface area contributed by atoms with Gasteiger partial charge >= 0.3 is 0 Å². The van der Waals surface area contributed by atoms with Crippen molar-refractivity contribution in [2.24, 2.45) is 4.99 Å². The van der Waals surface area contributed by atoms with Gasteiger partial charge in [-0.25, -0.2) is 4.79 Å². The van der Waals surface area contributed by atoms with E-state index in [1.165, 1.54) is 0 Å². The molecule has 2 aliphatic rings. The minimum atomic E-state index is -0.435. The summed E-state index contributed by atoms with van der Waals surface area (Å²) in [6, 6.07) is 5.82. The fourth-order valence-corrected chi connectivity index (χ4v) is 3.84. The number of benzene rings is 1. The van der Waals surface area contributed by atoms with Crippen LogP contribution in [0.4, 0.5) is 0 Å². The van der Waals surface area contributed by atoms with Crippen LogP contribution in [0.2, 0.25) is 0 Å². The number of isocyanates is 1. The van der Waals surface area contributed by atoms with Gasteiger partial charge in [0.2, 0.25) is 6.08 Å². The molecular formula is C16H19NO3S. The Hall–Kier alpha value is -1.45. The highest BCUT2D eigenvalue weighted by atomic mass is 32.2. The Kier molecular flexibility index (Phi) is 4.22. The quantitative estimate of drug-likeness (QED) is 0.618.